The molecule has 1 aliphatic rings. The van der Waals surface area contributed by atoms with Gasteiger partial charge in [-0.05, 0) is 37.8 Å². The molecule has 1 saturated carbocycles. The number of ether oxygens (including phenoxy) is 1. The molecule has 4 heteroatoms. The Morgan fingerprint density at radius 1 is 1.00 bits per heavy atom. The predicted octanol–water partition coefficient (Wildman–Crippen LogP) is 3.31. The number of anilines is 1. The van der Waals surface area contributed by atoms with E-state index in [4.69, 9.17) is 10.5 Å². The molecule has 0 unspecified atom stereocenters. The largest absolute Gasteiger partial charge is 0.474 e. The molecule has 0 amide bonds. The van der Waals surface area contributed by atoms with E-state index >= 15 is 0 Å². The molecule has 1 heterocycles. The van der Waals surface area contributed by atoms with Crippen LogP contribution in [0.1, 0.15) is 38.5 Å². The van der Waals surface area contributed by atoms with Gasteiger partial charge in [0.05, 0.1) is 10.9 Å². The standard InChI is InChI=1S/C15H19N3O/c16-15-17-13-10-6-5-9-12(13)14(18-15)19-11-7-3-1-2-4-8-11/h5-6,9-11H,1-4,7-8H2,(H2,16,17,18). The van der Waals surface area contributed by atoms with Crippen molar-refractivity contribution in [3.63, 3.8) is 0 Å². The maximum Gasteiger partial charge on any atom is 0.226 e. The molecule has 19 heavy (non-hydrogen) atoms. The van der Waals surface area contributed by atoms with Gasteiger partial charge in [-0.1, -0.05) is 25.0 Å². The van der Waals surface area contributed by atoms with Crippen molar-refractivity contribution >= 4 is 16.9 Å². The van der Waals surface area contributed by atoms with Gasteiger partial charge >= 0.3 is 0 Å². The van der Waals surface area contributed by atoms with Gasteiger partial charge in [0.2, 0.25) is 11.8 Å². The third-order valence-electron chi connectivity index (χ3n) is 3.67. The number of fused-ring (bicyclic) bond motifs is 1. The Morgan fingerprint density at radius 2 is 1.74 bits per heavy atom. The average molecular weight is 257 g/mol. The lowest BCUT2D eigenvalue weighted by Gasteiger charge is -2.17. The van der Waals surface area contributed by atoms with Gasteiger partial charge in [-0.2, -0.15) is 4.98 Å². The molecule has 0 saturated heterocycles. The second-order valence-electron chi connectivity index (χ2n) is 5.14. The van der Waals surface area contributed by atoms with E-state index in [1.165, 1.54) is 25.7 Å². The highest BCUT2D eigenvalue weighted by molar-refractivity contribution is 5.84. The van der Waals surface area contributed by atoms with Gasteiger partial charge in [0.25, 0.3) is 0 Å². The quantitative estimate of drug-likeness (QED) is 0.838. The Morgan fingerprint density at radius 3 is 2.53 bits per heavy atom. The Balaban J connectivity index is 1.90. The van der Waals surface area contributed by atoms with E-state index in [0.29, 0.717) is 5.88 Å². The molecule has 2 N–H and O–H groups in total. The molecular weight excluding hydrogens is 238 g/mol. The van der Waals surface area contributed by atoms with Crippen LogP contribution in [0.25, 0.3) is 10.9 Å². The SMILES string of the molecule is Nc1nc(OC2CCCCCC2)c2ccccc2n1. The number of benzene rings is 1. The number of nitrogens with zero attached hydrogens (tertiary/aromatic N) is 2. The summed E-state index contributed by atoms with van der Waals surface area (Å²) >= 11 is 0. The van der Waals surface area contributed by atoms with E-state index in [2.05, 4.69) is 9.97 Å². The first-order valence-electron chi connectivity index (χ1n) is 7.02. The van der Waals surface area contributed by atoms with Crippen molar-refractivity contribution in [1.29, 1.82) is 0 Å². The molecule has 1 fully saturated rings. The van der Waals surface area contributed by atoms with Gasteiger partial charge in [-0.25, -0.2) is 4.98 Å². The fourth-order valence-corrected chi connectivity index (χ4v) is 2.67. The fraction of sp³-hybridized carbons (Fsp3) is 0.467. The van der Waals surface area contributed by atoms with Crippen LogP contribution in [0.3, 0.4) is 0 Å². The number of rotatable bonds is 2. The maximum absolute atomic E-state index is 6.10. The lowest BCUT2D eigenvalue weighted by atomic mass is 10.1. The summed E-state index contributed by atoms with van der Waals surface area (Å²) in [4.78, 5) is 8.51. The molecular formula is C15H19N3O. The van der Waals surface area contributed by atoms with E-state index in [1.807, 2.05) is 24.3 Å². The molecule has 3 rings (SSSR count). The third kappa shape index (κ3) is 2.78. The maximum atomic E-state index is 6.10. The summed E-state index contributed by atoms with van der Waals surface area (Å²) in [6.45, 7) is 0. The summed E-state index contributed by atoms with van der Waals surface area (Å²) in [6.07, 6.45) is 7.59. The average Bonchev–Trinajstić information content (AvgIpc) is 2.67. The Kier molecular flexibility index (Phi) is 3.49. The lowest BCUT2D eigenvalue weighted by molar-refractivity contribution is 0.179. The molecule has 4 nitrogen and oxygen atoms in total. The van der Waals surface area contributed by atoms with E-state index < -0.39 is 0 Å². The van der Waals surface area contributed by atoms with Gasteiger partial charge in [-0.15, -0.1) is 0 Å². The zero-order chi connectivity index (χ0) is 13.1. The normalized spacial score (nSPS) is 17.3. The first-order chi connectivity index (χ1) is 9.33. The molecule has 0 atom stereocenters. The minimum atomic E-state index is 0.264. The Labute approximate surface area is 113 Å². The van der Waals surface area contributed by atoms with Gasteiger partial charge in [-0.3, -0.25) is 0 Å². The van der Waals surface area contributed by atoms with E-state index in [9.17, 15) is 0 Å². The van der Waals surface area contributed by atoms with Crippen LogP contribution in [0.4, 0.5) is 5.95 Å². The number of hydrogen-bond donors (Lipinski definition) is 1. The molecule has 2 aromatic rings. The van der Waals surface area contributed by atoms with Gasteiger partial charge < -0.3 is 10.5 Å². The first kappa shape index (κ1) is 12.2. The summed E-state index contributed by atoms with van der Waals surface area (Å²) in [5, 5.41) is 0.945. The van der Waals surface area contributed by atoms with Gasteiger partial charge in [0.1, 0.15) is 6.10 Å². The Hall–Kier alpha value is -1.84. The summed E-state index contributed by atoms with van der Waals surface area (Å²) < 4.78 is 6.10. The van der Waals surface area contributed by atoms with Gasteiger partial charge in [0.15, 0.2) is 0 Å². The van der Waals surface area contributed by atoms with Crippen molar-refractivity contribution in [3.8, 4) is 5.88 Å². The van der Waals surface area contributed by atoms with Crippen molar-refractivity contribution in [2.24, 2.45) is 0 Å². The highest BCUT2D eigenvalue weighted by atomic mass is 16.5. The second-order valence-corrected chi connectivity index (χ2v) is 5.14. The number of aromatic nitrogens is 2. The molecule has 1 aromatic carbocycles. The fourth-order valence-electron chi connectivity index (χ4n) is 2.67. The first-order valence-corrected chi connectivity index (χ1v) is 7.02. The summed E-state index contributed by atoms with van der Waals surface area (Å²) in [5.41, 5.74) is 6.60. The van der Waals surface area contributed by atoms with Crippen molar-refractivity contribution in [1.82, 2.24) is 9.97 Å². The monoisotopic (exact) mass is 257 g/mol. The van der Waals surface area contributed by atoms with Crippen molar-refractivity contribution in [2.45, 2.75) is 44.6 Å². The number of nitrogen functional groups attached to an aromatic ring is 1. The van der Waals surface area contributed by atoms with Crippen LogP contribution >= 0.6 is 0 Å². The van der Waals surface area contributed by atoms with E-state index in [-0.39, 0.29) is 12.1 Å². The summed E-state index contributed by atoms with van der Waals surface area (Å²) in [5.74, 6) is 0.914. The second kappa shape index (κ2) is 5.43. The summed E-state index contributed by atoms with van der Waals surface area (Å²) in [6, 6.07) is 7.85. The zero-order valence-electron chi connectivity index (χ0n) is 11.0. The highest BCUT2D eigenvalue weighted by Gasteiger charge is 2.16. The third-order valence-corrected chi connectivity index (χ3v) is 3.67. The molecule has 100 valence electrons. The number of para-hydroxylation sites is 1. The number of nitrogens with two attached hydrogens (primary N) is 1. The van der Waals surface area contributed by atoms with Crippen LogP contribution in [-0.4, -0.2) is 16.1 Å². The topological polar surface area (TPSA) is 61.0 Å². The van der Waals surface area contributed by atoms with Crippen molar-refractivity contribution in [3.05, 3.63) is 24.3 Å². The summed E-state index contributed by atoms with van der Waals surface area (Å²) in [7, 11) is 0. The minimum absolute atomic E-state index is 0.264. The number of hydrogen-bond acceptors (Lipinski definition) is 4. The smallest absolute Gasteiger partial charge is 0.226 e. The van der Waals surface area contributed by atoms with Crippen LogP contribution in [-0.2, 0) is 0 Å². The molecule has 0 radical (unpaired) electrons. The van der Waals surface area contributed by atoms with E-state index in [0.717, 1.165) is 23.7 Å². The van der Waals surface area contributed by atoms with Crippen LogP contribution in [0.2, 0.25) is 0 Å². The van der Waals surface area contributed by atoms with Crippen LogP contribution in [0, 0.1) is 0 Å². The highest BCUT2D eigenvalue weighted by Crippen LogP contribution is 2.27. The molecule has 0 spiro atoms. The Bertz CT molecular complexity index is 562. The van der Waals surface area contributed by atoms with Crippen LogP contribution in [0.5, 0.6) is 5.88 Å². The van der Waals surface area contributed by atoms with Gasteiger partial charge in [0, 0.05) is 0 Å². The van der Waals surface area contributed by atoms with Crippen molar-refractivity contribution < 1.29 is 4.74 Å². The van der Waals surface area contributed by atoms with E-state index in [1.54, 1.807) is 0 Å². The molecule has 1 aromatic heterocycles. The molecule has 1 aliphatic carbocycles. The van der Waals surface area contributed by atoms with Crippen LogP contribution in [0.15, 0.2) is 24.3 Å². The molecule has 0 bridgehead atoms. The predicted molar refractivity (Wildman–Crippen MR) is 76.1 cm³/mol. The lowest BCUT2D eigenvalue weighted by Crippen LogP contribution is -2.16. The van der Waals surface area contributed by atoms with Crippen molar-refractivity contribution in [2.75, 3.05) is 5.73 Å². The molecule has 0 aliphatic heterocycles. The van der Waals surface area contributed by atoms with Crippen LogP contribution < -0.4 is 10.5 Å². The zero-order valence-corrected chi connectivity index (χ0v) is 11.0. The minimum Gasteiger partial charge on any atom is -0.474 e.